The second-order valence-electron chi connectivity index (χ2n) is 9.92. The van der Waals surface area contributed by atoms with Gasteiger partial charge in [0.15, 0.2) is 0 Å². The van der Waals surface area contributed by atoms with Gasteiger partial charge in [0.25, 0.3) is 0 Å². The molecule has 3 fully saturated rings. The predicted octanol–water partition coefficient (Wildman–Crippen LogP) is 4.30. The number of Topliss-reactive ketones (excluding diaryl/α,β-unsaturated/α-hetero) is 1. The van der Waals surface area contributed by atoms with Gasteiger partial charge in [0.1, 0.15) is 11.9 Å². The maximum absolute atomic E-state index is 13.2. The van der Waals surface area contributed by atoms with Crippen molar-refractivity contribution in [3.05, 3.63) is 12.7 Å². The van der Waals surface area contributed by atoms with Crippen LogP contribution in [0, 0.1) is 34.0 Å². The van der Waals surface area contributed by atoms with E-state index in [0.717, 1.165) is 19.3 Å². The SMILES string of the molecule is C=C[C@]1(C)C[C@@H](OC(=O)CC)[C@]2(C)C(C)CC[C@]3(CCC(=O)C32)[C@@H](C)[C@@H]1O. The Balaban J connectivity index is 2.21. The largest absolute Gasteiger partial charge is 0.462 e. The molecule has 3 aliphatic rings. The topological polar surface area (TPSA) is 63.6 Å². The molecule has 1 N–H and O–H groups in total. The lowest BCUT2D eigenvalue weighted by Gasteiger charge is -2.61. The van der Waals surface area contributed by atoms with E-state index in [4.69, 9.17) is 4.74 Å². The number of aliphatic hydroxyl groups excluding tert-OH is 1. The van der Waals surface area contributed by atoms with E-state index in [1.807, 2.05) is 13.0 Å². The molecule has 0 saturated heterocycles. The van der Waals surface area contributed by atoms with Crippen LogP contribution in [0.1, 0.15) is 73.1 Å². The minimum Gasteiger partial charge on any atom is -0.462 e. The lowest BCUT2D eigenvalue weighted by molar-refractivity contribution is -0.206. The van der Waals surface area contributed by atoms with Crippen molar-refractivity contribution < 1.29 is 19.4 Å². The zero-order valence-corrected chi connectivity index (χ0v) is 17.6. The van der Waals surface area contributed by atoms with Crippen molar-refractivity contribution in [2.45, 2.75) is 85.4 Å². The van der Waals surface area contributed by atoms with Crippen LogP contribution in [0.25, 0.3) is 0 Å². The highest BCUT2D eigenvalue weighted by molar-refractivity contribution is 5.85. The third kappa shape index (κ3) is 2.73. The Bertz CT molecular complexity index is 642. The van der Waals surface area contributed by atoms with Crippen molar-refractivity contribution in [3.63, 3.8) is 0 Å². The first-order valence-corrected chi connectivity index (χ1v) is 10.6. The molecule has 0 spiro atoms. The molecule has 0 radical (unpaired) electrons. The summed E-state index contributed by atoms with van der Waals surface area (Å²) in [5, 5.41) is 11.4. The number of hydrogen-bond donors (Lipinski definition) is 1. The van der Waals surface area contributed by atoms with E-state index in [0.29, 0.717) is 25.0 Å². The molecule has 3 saturated carbocycles. The summed E-state index contributed by atoms with van der Waals surface area (Å²) >= 11 is 0. The van der Waals surface area contributed by atoms with Crippen LogP contribution in [0.3, 0.4) is 0 Å². The van der Waals surface area contributed by atoms with Crippen molar-refractivity contribution >= 4 is 11.8 Å². The molecule has 0 aromatic carbocycles. The first-order valence-electron chi connectivity index (χ1n) is 10.6. The molecule has 4 nitrogen and oxygen atoms in total. The minimum atomic E-state index is -0.607. The Labute approximate surface area is 163 Å². The lowest BCUT2D eigenvalue weighted by atomic mass is 9.44. The molecule has 2 unspecified atom stereocenters. The summed E-state index contributed by atoms with van der Waals surface area (Å²) in [4.78, 5) is 25.5. The highest BCUT2D eigenvalue weighted by atomic mass is 16.5. The third-order valence-corrected chi connectivity index (χ3v) is 8.86. The fourth-order valence-corrected chi connectivity index (χ4v) is 6.74. The van der Waals surface area contributed by atoms with Crippen molar-refractivity contribution in [2.75, 3.05) is 0 Å². The molecule has 0 heterocycles. The van der Waals surface area contributed by atoms with E-state index in [1.165, 1.54) is 0 Å². The molecule has 3 aliphatic carbocycles. The van der Waals surface area contributed by atoms with Crippen LogP contribution >= 0.6 is 0 Å². The second kappa shape index (κ2) is 6.72. The van der Waals surface area contributed by atoms with E-state index in [2.05, 4.69) is 27.4 Å². The molecule has 2 bridgehead atoms. The maximum atomic E-state index is 13.2. The second-order valence-corrected chi connectivity index (χ2v) is 9.92. The van der Waals surface area contributed by atoms with E-state index >= 15 is 0 Å². The molecule has 0 aromatic heterocycles. The zero-order chi connectivity index (χ0) is 20.2. The molecular formula is C23H36O4. The fourth-order valence-electron chi connectivity index (χ4n) is 6.74. The maximum Gasteiger partial charge on any atom is 0.305 e. The van der Waals surface area contributed by atoms with Gasteiger partial charge in [-0.05, 0) is 42.9 Å². The number of ketones is 1. The summed E-state index contributed by atoms with van der Waals surface area (Å²) < 4.78 is 6.02. The van der Waals surface area contributed by atoms with Gasteiger partial charge in [-0.3, -0.25) is 9.59 Å². The molecule has 152 valence electrons. The number of ether oxygens (including phenoxy) is 1. The predicted molar refractivity (Wildman–Crippen MR) is 105 cm³/mol. The van der Waals surface area contributed by atoms with E-state index < -0.39 is 23.0 Å². The minimum absolute atomic E-state index is 0.00611. The molecule has 4 heteroatoms. The normalized spacial score (nSPS) is 49.7. The Morgan fingerprint density at radius 1 is 1.33 bits per heavy atom. The quantitative estimate of drug-likeness (QED) is 0.589. The highest BCUT2D eigenvalue weighted by Crippen LogP contribution is 2.67. The number of carbonyl (C=O) groups excluding carboxylic acids is 2. The Hall–Kier alpha value is -1.16. The monoisotopic (exact) mass is 376 g/mol. The smallest absolute Gasteiger partial charge is 0.305 e. The van der Waals surface area contributed by atoms with Crippen molar-refractivity contribution in [3.8, 4) is 0 Å². The summed E-state index contributed by atoms with van der Waals surface area (Å²) in [6.07, 6.45) is 5.02. The van der Waals surface area contributed by atoms with Crippen LogP contribution in [0.5, 0.6) is 0 Å². The fraction of sp³-hybridized carbons (Fsp3) is 0.826. The first-order chi connectivity index (χ1) is 12.6. The van der Waals surface area contributed by atoms with Crippen LogP contribution in [0.2, 0.25) is 0 Å². The summed E-state index contributed by atoms with van der Waals surface area (Å²) in [5.41, 5.74) is -1.17. The molecule has 0 amide bonds. The average molecular weight is 377 g/mol. The van der Waals surface area contributed by atoms with Crippen LogP contribution < -0.4 is 0 Å². The Kier molecular flexibility index (Phi) is 5.12. The standard InChI is InChI=1S/C23H36O4/c1-7-18(25)27-17-13-21(5,8-2)20(26)15(4)23-11-9-14(3)22(17,6)19(23)16(24)10-12-23/h8,14-15,17,19-20,26H,2,7,9-13H2,1,3-6H3/t14?,15-,17+,19?,20-,21+,22-,23-/m0/s1. The van der Waals surface area contributed by atoms with Crippen molar-refractivity contribution in [1.82, 2.24) is 0 Å². The van der Waals surface area contributed by atoms with Crippen LogP contribution in [-0.2, 0) is 14.3 Å². The van der Waals surface area contributed by atoms with Crippen molar-refractivity contribution in [2.24, 2.45) is 34.0 Å². The van der Waals surface area contributed by atoms with Gasteiger partial charge >= 0.3 is 5.97 Å². The molecular weight excluding hydrogens is 340 g/mol. The Morgan fingerprint density at radius 3 is 2.59 bits per heavy atom. The van der Waals surface area contributed by atoms with Gasteiger partial charge in [-0.15, -0.1) is 6.58 Å². The van der Waals surface area contributed by atoms with Gasteiger partial charge in [0.05, 0.1) is 6.10 Å². The van der Waals surface area contributed by atoms with E-state index in [-0.39, 0.29) is 29.1 Å². The van der Waals surface area contributed by atoms with Crippen LogP contribution in [0.4, 0.5) is 0 Å². The van der Waals surface area contributed by atoms with Gasteiger partial charge in [-0.1, -0.05) is 40.7 Å². The lowest BCUT2D eigenvalue weighted by Crippen LogP contribution is -2.63. The van der Waals surface area contributed by atoms with E-state index in [1.54, 1.807) is 6.92 Å². The third-order valence-electron chi connectivity index (χ3n) is 8.86. The number of aliphatic hydroxyl groups is 1. The number of carbonyl (C=O) groups is 2. The van der Waals surface area contributed by atoms with Gasteiger partial charge in [-0.25, -0.2) is 0 Å². The van der Waals surface area contributed by atoms with Crippen LogP contribution in [-0.4, -0.2) is 29.1 Å². The summed E-state index contributed by atoms with van der Waals surface area (Å²) in [7, 11) is 0. The number of hydrogen-bond acceptors (Lipinski definition) is 4. The first kappa shape index (κ1) is 20.6. The number of esters is 1. The highest BCUT2D eigenvalue weighted by Gasteiger charge is 2.68. The average Bonchev–Trinajstić information content (AvgIpc) is 3.00. The van der Waals surface area contributed by atoms with Crippen LogP contribution in [0.15, 0.2) is 12.7 Å². The molecule has 8 atom stereocenters. The van der Waals surface area contributed by atoms with Crippen molar-refractivity contribution in [1.29, 1.82) is 0 Å². The Morgan fingerprint density at radius 2 is 2.00 bits per heavy atom. The molecule has 3 rings (SSSR count). The number of rotatable bonds is 3. The van der Waals surface area contributed by atoms with Gasteiger partial charge in [-0.2, -0.15) is 0 Å². The van der Waals surface area contributed by atoms with Gasteiger partial charge < -0.3 is 9.84 Å². The van der Waals surface area contributed by atoms with Gasteiger partial charge in [0, 0.05) is 29.6 Å². The molecule has 27 heavy (non-hydrogen) atoms. The van der Waals surface area contributed by atoms with Gasteiger partial charge in [0.2, 0.25) is 0 Å². The summed E-state index contributed by atoms with van der Waals surface area (Å²) in [6.45, 7) is 14.3. The summed E-state index contributed by atoms with van der Waals surface area (Å²) in [6, 6.07) is 0. The zero-order valence-electron chi connectivity index (χ0n) is 17.6. The molecule has 0 aliphatic heterocycles. The van der Waals surface area contributed by atoms with E-state index in [9.17, 15) is 14.7 Å². The summed E-state index contributed by atoms with van der Waals surface area (Å²) in [5.74, 6) is 0.199. The molecule has 0 aromatic rings.